The first kappa shape index (κ1) is 19.3. The summed E-state index contributed by atoms with van der Waals surface area (Å²) in [5, 5.41) is 6.11. The first-order valence-corrected chi connectivity index (χ1v) is 10.2. The molecule has 3 rings (SSSR count). The molecule has 0 radical (unpaired) electrons. The number of nitrogens with one attached hydrogen (secondary N) is 1. The van der Waals surface area contributed by atoms with Gasteiger partial charge in [-0.1, -0.05) is 29.8 Å². The fourth-order valence-corrected chi connectivity index (χ4v) is 3.41. The number of halogens is 1. The van der Waals surface area contributed by atoms with Gasteiger partial charge in [0, 0.05) is 28.9 Å². The van der Waals surface area contributed by atoms with Crippen molar-refractivity contribution in [3.63, 3.8) is 0 Å². The average molecular weight is 403 g/mol. The second kappa shape index (κ2) is 8.04. The Bertz CT molecular complexity index is 1060. The Morgan fingerprint density at radius 3 is 2.48 bits per heavy atom. The van der Waals surface area contributed by atoms with Gasteiger partial charge in [0.1, 0.15) is 0 Å². The third-order valence-electron chi connectivity index (χ3n) is 3.82. The summed E-state index contributed by atoms with van der Waals surface area (Å²) in [6.07, 6.45) is 3.15. The summed E-state index contributed by atoms with van der Waals surface area (Å²) in [5.74, 6) is 0.690. The molecule has 0 aliphatic carbocycles. The molecule has 6 nitrogen and oxygen atoms in total. The van der Waals surface area contributed by atoms with Gasteiger partial charge < -0.3 is 0 Å². The van der Waals surface area contributed by atoms with E-state index in [2.05, 4.69) is 14.8 Å². The number of benzene rings is 1. The largest absolute Gasteiger partial charge is 0.237 e. The maximum atomic E-state index is 12.1. The van der Waals surface area contributed by atoms with E-state index in [4.69, 9.17) is 11.6 Å². The van der Waals surface area contributed by atoms with Crippen molar-refractivity contribution in [2.45, 2.75) is 20.4 Å². The Labute approximate surface area is 163 Å². The van der Waals surface area contributed by atoms with Gasteiger partial charge in [-0.05, 0) is 55.3 Å². The maximum Gasteiger partial charge on any atom is 0.234 e. The minimum atomic E-state index is -3.56. The molecule has 8 heteroatoms. The van der Waals surface area contributed by atoms with Crippen molar-refractivity contribution in [2.24, 2.45) is 0 Å². The standard InChI is InChI=1S/C19H19ClN4O2S/c1-14-11-15(2)24(23-14)19-8-5-17(12-21-19)13-22-27(25,26)10-9-16-3-6-18(20)7-4-16/h3-12,22H,13H2,1-2H3/b10-9+. The highest BCUT2D eigenvalue weighted by atomic mass is 35.5. The van der Waals surface area contributed by atoms with Crippen LogP contribution < -0.4 is 4.72 Å². The van der Waals surface area contributed by atoms with Gasteiger partial charge in [0.05, 0.1) is 5.69 Å². The van der Waals surface area contributed by atoms with Gasteiger partial charge in [-0.15, -0.1) is 0 Å². The lowest BCUT2D eigenvalue weighted by Crippen LogP contribution is -2.20. The minimum Gasteiger partial charge on any atom is -0.237 e. The van der Waals surface area contributed by atoms with E-state index < -0.39 is 10.0 Å². The highest BCUT2D eigenvalue weighted by Gasteiger charge is 2.07. The van der Waals surface area contributed by atoms with Crippen molar-refractivity contribution in [3.8, 4) is 5.82 Å². The molecule has 2 aromatic heterocycles. The SMILES string of the molecule is Cc1cc(C)n(-c2ccc(CNS(=O)(=O)/C=C/c3ccc(Cl)cc3)cn2)n1. The van der Waals surface area contributed by atoms with Crippen molar-refractivity contribution >= 4 is 27.7 Å². The monoisotopic (exact) mass is 402 g/mol. The second-order valence-corrected chi connectivity index (χ2v) is 8.17. The van der Waals surface area contributed by atoms with Crippen LogP contribution in [0.1, 0.15) is 22.5 Å². The summed E-state index contributed by atoms with van der Waals surface area (Å²) in [4.78, 5) is 4.36. The van der Waals surface area contributed by atoms with Gasteiger partial charge in [0.2, 0.25) is 10.0 Å². The van der Waals surface area contributed by atoms with Crippen molar-refractivity contribution in [3.05, 3.63) is 81.6 Å². The van der Waals surface area contributed by atoms with Crippen molar-refractivity contribution in [1.29, 1.82) is 0 Å². The van der Waals surface area contributed by atoms with Gasteiger partial charge in [-0.2, -0.15) is 5.10 Å². The summed E-state index contributed by atoms with van der Waals surface area (Å²) in [6.45, 7) is 4.03. The zero-order chi connectivity index (χ0) is 19.4. The molecule has 27 heavy (non-hydrogen) atoms. The average Bonchev–Trinajstić information content (AvgIpc) is 2.98. The molecule has 3 aromatic rings. The Balaban J connectivity index is 1.63. The molecule has 0 bridgehead atoms. The van der Waals surface area contributed by atoms with E-state index in [1.807, 2.05) is 32.0 Å². The van der Waals surface area contributed by atoms with E-state index in [9.17, 15) is 8.42 Å². The van der Waals surface area contributed by atoms with Gasteiger partial charge >= 0.3 is 0 Å². The lowest BCUT2D eigenvalue weighted by molar-refractivity contribution is 0.590. The van der Waals surface area contributed by atoms with E-state index in [-0.39, 0.29) is 6.54 Å². The highest BCUT2D eigenvalue weighted by Crippen LogP contribution is 2.12. The summed E-state index contributed by atoms with van der Waals surface area (Å²) in [5.41, 5.74) is 3.41. The molecule has 140 valence electrons. The lowest BCUT2D eigenvalue weighted by Gasteiger charge is -2.06. The van der Waals surface area contributed by atoms with E-state index in [0.29, 0.717) is 10.8 Å². The Morgan fingerprint density at radius 1 is 1.15 bits per heavy atom. The quantitative estimate of drug-likeness (QED) is 0.683. The molecule has 1 aromatic carbocycles. The number of nitrogens with zero attached hydrogens (tertiary/aromatic N) is 3. The number of pyridine rings is 1. The van der Waals surface area contributed by atoms with Gasteiger partial charge in [0.15, 0.2) is 5.82 Å². The molecule has 0 fully saturated rings. The second-order valence-electron chi connectivity index (χ2n) is 6.08. The molecule has 0 saturated carbocycles. The fourth-order valence-electron chi connectivity index (χ4n) is 2.48. The zero-order valence-electron chi connectivity index (χ0n) is 14.9. The number of aromatic nitrogens is 3. The van der Waals surface area contributed by atoms with Crippen LogP contribution in [0, 0.1) is 13.8 Å². The molecule has 2 heterocycles. The molecule has 0 saturated heterocycles. The zero-order valence-corrected chi connectivity index (χ0v) is 16.5. The van der Waals surface area contributed by atoms with E-state index in [0.717, 1.165) is 27.9 Å². The topological polar surface area (TPSA) is 76.9 Å². The van der Waals surface area contributed by atoms with Crippen molar-refractivity contribution in [1.82, 2.24) is 19.5 Å². The summed E-state index contributed by atoms with van der Waals surface area (Å²) in [7, 11) is -3.56. The predicted octanol–water partition coefficient (Wildman–Crippen LogP) is 3.63. The molecule has 1 N–H and O–H groups in total. The predicted molar refractivity (Wildman–Crippen MR) is 107 cm³/mol. The number of sulfonamides is 1. The van der Waals surface area contributed by atoms with Crippen LogP contribution in [0.2, 0.25) is 5.02 Å². The summed E-state index contributed by atoms with van der Waals surface area (Å²) >= 11 is 5.81. The molecule has 0 aliphatic heterocycles. The van der Waals surface area contributed by atoms with Crippen LogP contribution in [-0.4, -0.2) is 23.2 Å². The minimum absolute atomic E-state index is 0.150. The molecule has 0 atom stereocenters. The molecule has 0 amide bonds. The van der Waals surface area contributed by atoms with E-state index >= 15 is 0 Å². The van der Waals surface area contributed by atoms with Crippen molar-refractivity contribution in [2.75, 3.05) is 0 Å². The number of rotatable bonds is 6. The first-order valence-electron chi connectivity index (χ1n) is 8.24. The van der Waals surface area contributed by atoms with Crippen LogP contribution in [0.5, 0.6) is 0 Å². The summed E-state index contributed by atoms with van der Waals surface area (Å²) in [6, 6.07) is 12.5. The lowest BCUT2D eigenvalue weighted by atomic mass is 10.2. The smallest absolute Gasteiger partial charge is 0.234 e. The van der Waals surface area contributed by atoms with Crippen LogP contribution in [0.15, 0.2) is 54.1 Å². The third-order valence-corrected chi connectivity index (χ3v) is 5.12. The van der Waals surface area contributed by atoms with Gasteiger partial charge in [0.25, 0.3) is 0 Å². The maximum absolute atomic E-state index is 12.1. The van der Waals surface area contributed by atoms with Crippen LogP contribution in [0.3, 0.4) is 0 Å². The molecule has 0 aliphatic rings. The number of hydrogen-bond acceptors (Lipinski definition) is 4. The van der Waals surface area contributed by atoms with Crippen LogP contribution in [0.25, 0.3) is 11.9 Å². The number of aryl methyl sites for hydroxylation is 2. The van der Waals surface area contributed by atoms with Crippen molar-refractivity contribution < 1.29 is 8.42 Å². The van der Waals surface area contributed by atoms with Crippen LogP contribution >= 0.6 is 11.6 Å². The summed E-state index contributed by atoms with van der Waals surface area (Å²) < 4.78 is 28.5. The molecule has 0 unspecified atom stereocenters. The first-order chi connectivity index (χ1) is 12.8. The Hall–Kier alpha value is -2.48. The Morgan fingerprint density at radius 2 is 1.89 bits per heavy atom. The molecule has 0 spiro atoms. The highest BCUT2D eigenvalue weighted by molar-refractivity contribution is 7.92. The Kier molecular flexibility index (Phi) is 5.74. The number of hydrogen-bond donors (Lipinski definition) is 1. The van der Waals surface area contributed by atoms with Gasteiger partial charge in [-0.25, -0.2) is 22.8 Å². The van der Waals surface area contributed by atoms with E-state index in [1.165, 1.54) is 6.08 Å². The fraction of sp³-hybridized carbons (Fsp3) is 0.158. The molecular formula is C19H19ClN4O2S. The van der Waals surface area contributed by atoms with E-state index in [1.54, 1.807) is 35.1 Å². The van der Waals surface area contributed by atoms with Crippen LogP contribution in [0.4, 0.5) is 0 Å². The van der Waals surface area contributed by atoms with Gasteiger partial charge in [-0.3, -0.25) is 0 Å². The van der Waals surface area contributed by atoms with Crippen LogP contribution in [-0.2, 0) is 16.6 Å². The molecular weight excluding hydrogens is 384 g/mol. The normalized spacial score (nSPS) is 12.0. The third kappa shape index (κ3) is 5.26.